The Hall–Kier alpha value is -1.63. The van der Waals surface area contributed by atoms with Gasteiger partial charge in [0.2, 0.25) is 0 Å². The molecule has 1 aromatic carbocycles. The van der Waals surface area contributed by atoms with E-state index in [1.165, 1.54) is 0 Å². The van der Waals surface area contributed by atoms with Crippen LogP contribution in [0.2, 0.25) is 0 Å². The highest BCUT2D eigenvalue weighted by Crippen LogP contribution is 2.19. The van der Waals surface area contributed by atoms with Crippen LogP contribution in [0.1, 0.15) is 13.8 Å². The first-order valence-corrected chi connectivity index (χ1v) is 4.09. The maximum Gasteiger partial charge on any atom is 0.146 e. The van der Waals surface area contributed by atoms with Gasteiger partial charge in [-0.25, -0.2) is 8.78 Å². The minimum absolute atomic E-state index is 0.00319. The molecule has 0 spiro atoms. The summed E-state index contributed by atoms with van der Waals surface area (Å²) < 4.78 is 25.8. The molecular weight excluding hydrogens is 186 g/mol. The summed E-state index contributed by atoms with van der Waals surface area (Å²) in [5.41, 5.74) is -0.925. The lowest BCUT2D eigenvalue weighted by molar-refractivity contribution is 0.596. The molecular formula is C10H10F2N2. The van der Waals surface area contributed by atoms with E-state index >= 15 is 0 Å². The van der Waals surface area contributed by atoms with Crippen molar-refractivity contribution in [2.24, 2.45) is 0 Å². The number of anilines is 1. The maximum absolute atomic E-state index is 13.1. The number of rotatable bonds is 2. The third-order valence-electron chi connectivity index (χ3n) is 1.66. The average molecular weight is 196 g/mol. The van der Waals surface area contributed by atoms with Crippen LogP contribution >= 0.6 is 0 Å². The van der Waals surface area contributed by atoms with Gasteiger partial charge < -0.3 is 5.32 Å². The summed E-state index contributed by atoms with van der Waals surface area (Å²) in [5, 5.41) is 11.3. The number of benzene rings is 1. The molecule has 14 heavy (non-hydrogen) atoms. The summed E-state index contributed by atoms with van der Waals surface area (Å²) in [6.45, 7) is 3.16. The number of nitrogens with one attached hydrogen (secondary N) is 1. The first-order valence-electron chi connectivity index (χ1n) is 4.09. The lowest BCUT2D eigenvalue weighted by Crippen LogP contribution is -2.28. The van der Waals surface area contributed by atoms with Crippen molar-refractivity contribution in [2.45, 2.75) is 19.4 Å². The van der Waals surface area contributed by atoms with Crippen molar-refractivity contribution in [3.05, 3.63) is 29.8 Å². The van der Waals surface area contributed by atoms with E-state index in [1.54, 1.807) is 13.8 Å². The van der Waals surface area contributed by atoms with Crippen LogP contribution in [0, 0.1) is 23.0 Å². The molecule has 0 aliphatic rings. The highest BCUT2D eigenvalue weighted by molar-refractivity contribution is 5.48. The van der Waals surface area contributed by atoms with Crippen LogP contribution in [0.15, 0.2) is 18.2 Å². The molecule has 1 N–H and O–H groups in total. The zero-order valence-electron chi connectivity index (χ0n) is 7.94. The molecule has 0 aliphatic heterocycles. The molecule has 0 atom stereocenters. The molecule has 0 amide bonds. The van der Waals surface area contributed by atoms with Crippen molar-refractivity contribution < 1.29 is 8.78 Å². The van der Waals surface area contributed by atoms with Gasteiger partial charge >= 0.3 is 0 Å². The van der Waals surface area contributed by atoms with Crippen molar-refractivity contribution in [1.82, 2.24) is 0 Å². The smallest absolute Gasteiger partial charge is 0.146 e. The van der Waals surface area contributed by atoms with Crippen LogP contribution in [0.25, 0.3) is 0 Å². The van der Waals surface area contributed by atoms with E-state index < -0.39 is 17.2 Å². The molecule has 0 aromatic heterocycles. The molecule has 1 aromatic rings. The first-order chi connectivity index (χ1) is 6.44. The molecule has 0 aliphatic carbocycles. The van der Waals surface area contributed by atoms with E-state index in [1.807, 2.05) is 6.07 Å². The van der Waals surface area contributed by atoms with E-state index in [0.717, 1.165) is 18.2 Å². The summed E-state index contributed by atoms with van der Waals surface area (Å²) >= 11 is 0. The highest BCUT2D eigenvalue weighted by Gasteiger charge is 2.17. The van der Waals surface area contributed by atoms with E-state index in [4.69, 9.17) is 5.26 Å². The molecule has 2 nitrogen and oxygen atoms in total. The van der Waals surface area contributed by atoms with Gasteiger partial charge in [0.1, 0.15) is 17.2 Å². The molecule has 0 bridgehead atoms. The van der Waals surface area contributed by atoms with Crippen LogP contribution in [0.5, 0.6) is 0 Å². The van der Waals surface area contributed by atoms with Gasteiger partial charge in [0, 0.05) is 0 Å². The van der Waals surface area contributed by atoms with E-state index in [0.29, 0.717) is 0 Å². The van der Waals surface area contributed by atoms with Crippen molar-refractivity contribution in [1.29, 1.82) is 5.26 Å². The molecule has 0 heterocycles. The Balaban J connectivity index is 2.98. The summed E-state index contributed by atoms with van der Waals surface area (Å²) in [6, 6.07) is 5.01. The van der Waals surface area contributed by atoms with Crippen molar-refractivity contribution in [3.63, 3.8) is 0 Å². The number of halogens is 2. The Morgan fingerprint density at radius 1 is 1.36 bits per heavy atom. The van der Waals surface area contributed by atoms with Crippen LogP contribution in [-0.4, -0.2) is 5.54 Å². The normalized spacial score (nSPS) is 10.8. The Bertz CT molecular complexity index is 380. The Morgan fingerprint density at radius 3 is 2.57 bits per heavy atom. The Labute approximate surface area is 81.2 Å². The second-order valence-electron chi connectivity index (χ2n) is 3.49. The van der Waals surface area contributed by atoms with Gasteiger partial charge in [-0.3, -0.25) is 0 Å². The van der Waals surface area contributed by atoms with E-state index in [2.05, 4.69) is 5.32 Å². The van der Waals surface area contributed by atoms with Gasteiger partial charge in [0.15, 0.2) is 0 Å². The standard InChI is InChI=1S/C10H10F2N2/c1-10(2,6-13)14-9-5-7(11)3-4-8(9)12/h3-5,14H,1-2H3. The van der Waals surface area contributed by atoms with Gasteiger partial charge in [-0.1, -0.05) is 0 Å². The van der Waals surface area contributed by atoms with Gasteiger partial charge in [-0.2, -0.15) is 5.26 Å². The fraction of sp³-hybridized carbons (Fsp3) is 0.300. The SMILES string of the molecule is CC(C)(C#N)Nc1cc(F)ccc1F. The third kappa shape index (κ3) is 2.43. The molecule has 0 fully saturated rings. The second-order valence-corrected chi connectivity index (χ2v) is 3.49. The Kier molecular flexibility index (Phi) is 2.70. The molecule has 0 radical (unpaired) electrons. The number of nitrogens with zero attached hydrogens (tertiary/aromatic N) is 1. The van der Waals surface area contributed by atoms with Crippen molar-refractivity contribution in [2.75, 3.05) is 5.32 Å². The fourth-order valence-corrected chi connectivity index (χ4v) is 0.958. The zero-order valence-corrected chi connectivity index (χ0v) is 7.94. The number of nitriles is 1. The lowest BCUT2D eigenvalue weighted by Gasteiger charge is -2.19. The van der Waals surface area contributed by atoms with Gasteiger partial charge in [0.05, 0.1) is 11.8 Å². The summed E-state index contributed by atoms with van der Waals surface area (Å²) in [6.07, 6.45) is 0. The summed E-state index contributed by atoms with van der Waals surface area (Å²) in [5.74, 6) is -1.11. The zero-order chi connectivity index (χ0) is 10.8. The average Bonchev–Trinajstić information content (AvgIpc) is 2.11. The summed E-state index contributed by atoms with van der Waals surface area (Å²) in [7, 11) is 0. The minimum Gasteiger partial charge on any atom is -0.365 e. The molecule has 1 rings (SSSR count). The minimum atomic E-state index is -0.922. The fourth-order valence-electron chi connectivity index (χ4n) is 0.958. The monoisotopic (exact) mass is 196 g/mol. The molecule has 74 valence electrons. The molecule has 0 saturated carbocycles. The first kappa shape index (κ1) is 10.5. The molecule has 0 unspecified atom stereocenters. The van der Waals surface area contributed by atoms with Crippen LogP contribution in [0.4, 0.5) is 14.5 Å². The molecule has 0 saturated heterocycles. The quantitative estimate of drug-likeness (QED) is 0.789. The lowest BCUT2D eigenvalue weighted by atomic mass is 10.1. The topological polar surface area (TPSA) is 35.8 Å². The summed E-state index contributed by atoms with van der Waals surface area (Å²) in [4.78, 5) is 0. The predicted molar refractivity (Wildman–Crippen MR) is 49.7 cm³/mol. The Morgan fingerprint density at radius 2 is 2.00 bits per heavy atom. The predicted octanol–water partition coefficient (Wildman–Crippen LogP) is 2.68. The van der Waals surface area contributed by atoms with Gasteiger partial charge in [0.25, 0.3) is 0 Å². The van der Waals surface area contributed by atoms with E-state index in [9.17, 15) is 8.78 Å². The van der Waals surface area contributed by atoms with Gasteiger partial charge in [-0.15, -0.1) is 0 Å². The largest absolute Gasteiger partial charge is 0.365 e. The van der Waals surface area contributed by atoms with Crippen LogP contribution < -0.4 is 5.32 Å². The van der Waals surface area contributed by atoms with Crippen molar-refractivity contribution >= 4 is 5.69 Å². The number of hydrogen-bond donors (Lipinski definition) is 1. The van der Waals surface area contributed by atoms with Crippen LogP contribution in [-0.2, 0) is 0 Å². The highest BCUT2D eigenvalue weighted by atomic mass is 19.1. The van der Waals surface area contributed by atoms with E-state index in [-0.39, 0.29) is 5.69 Å². The third-order valence-corrected chi connectivity index (χ3v) is 1.66. The van der Waals surface area contributed by atoms with Crippen LogP contribution in [0.3, 0.4) is 0 Å². The second kappa shape index (κ2) is 3.62. The van der Waals surface area contributed by atoms with Gasteiger partial charge in [-0.05, 0) is 32.0 Å². The maximum atomic E-state index is 13.1. The number of hydrogen-bond acceptors (Lipinski definition) is 2. The van der Waals surface area contributed by atoms with Crippen molar-refractivity contribution in [3.8, 4) is 6.07 Å². The molecule has 4 heteroatoms.